The monoisotopic (exact) mass is 630 g/mol. The van der Waals surface area contributed by atoms with Crippen LogP contribution in [0.1, 0.15) is 93.9 Å². The Morgan fingerprint density at radius 3 is 1.08 bits per heavy atom. The summed E-state index contributed by atoms with van der Waals surface area (Å²) in [4.78, 5) is 4.93. The van der Waals surface area contributed by atoms with Crippen molar-refractivity contribution in [2.45, 2.75) is 90.9 Å². The van der Waals surface area contributed by atoms with Crippen molar-refractivity contribution < 1.29 is 0 Å². The molecule has 0 N–H and O–H groups in total. The molecular formula is C46H50N2. The topological polar surface area (TPSA) is 6.48 Å². The van der Waals surface area contributed by atoms with Crippen LogP contribution in [0.3, 0.4) is 0 Å². The molecule has 0 heterocycles. The van der Waals surface area contributed by atoms with Gasteiger partial charge in [-0.3, -0.25) is 0 Å². The zero-order valence-corrected chi connectivity index (χ0v) is 29.3. The average molecular weight is 631 g/mol. The Morgan fingerprint density at radius 1 is 0.396 bits per heavy atom. The van der Waals surface area contributed by atoms with Gasteiger partial charge in [-0.05, 0) is 138 Å². The molecule has 7 rings (SSSR count). The molecule has 0 unspecified atom stereocenters. The van der Waals surface area contributed by atoms with Gasteiger partial charge in [0.05, 0.1) is 0 Å². The van der Waals surface area contributed by atoms with Crippen molar-refractivity contribution in [2.24, 2.45) is 0 Å². The highest BCUT2D eigenvalue weighted by molar-refractivity contribution is 5.71. The third-order valence-electron chi connectivity index (χ3n) is 10.9. The van der Waals surface area contributed by atoms with Gasteiger partial charge >= 0.3 is 0 Å². The minimum Gasteiger partial charge on any atom is -0.314 e. The van der Waals surface area contributed by atoms with Crippen LogP contribution in [-0.4, -0.2) is 0 Å². The van der Waals surface area contributed by atoms with E-state index in [2.05, 4.69) is 159 Å². The van der Waals surface area contributed by atoms with Crippen molar-refractivity contribution >= 4 is 22.7 Å². The Morgan fingerprint density at radius 2 is 0.750 bits per heavy atom. The van der Waals surface area contributed by atoms with E-state index in [0.717, 1.165) is 25.7 Å². The zero-order valence-electron chi connectivity index (χ0n) is 29.3. The number of allylic oxidation sites excluding steroid dienone is 8. The molecule has 1 saturated carbocycles. The van der Waals surface area contributed by atoms with Crippen LogP contribution in [0.5, 0.6) is 0 Å². The molecule has 0 amide bonds. The van der Waals surface area contributed by atoms with Crippen molar-refractivity contribution in [3.05, 3.63) is 166 Å². The lowest BCUT2D eigenvalue weighted by Gasteiger charge is -2.39. The Balaban J connectivity index is 1.24. The summed E-state index contributed by atoms with van der Waals surface area (Å²) in [5.41, 5.74) is 16.1. The molecular weight excluding hydrogens is 581 g/mol. The lowest BCUT2D eigenvalue weighted by atomic mass is 9.65. The van der Waals surface area contributed by atoms with E-state index in [1.165, 1.54) is 99.6 Å². The summed E-state index contributed by atoms with van der Waals surface area (Å²) in [7, 11) is 0. The SMILES string of the molecule is CC1=CC=C(N(c2ccc(C)cc2)c2ccc(C3(c4ccc(N(C5=CC=C(C)CC5)c5ccc(C)cc5)cc4)CCCCC3)cc2)CC1. The van der Waals surface area contributed by atoms with E-state index in [9.17, 15) is 0 Å². The van der Waals surface area contributed by atoms with E-state index in [1.54, 1.807) is 0 Å². The Kier molecular flexibility index (Phi) is 9.26. The molecule has 0 spiro atoms. The molecule has 3 aliphatic carbocycles. The molecule has 0 saturated heterocycles. The summed E-state index contributed by atoms with van der Waals surface area (Å²) in [6.07, 6.45) is 19.8. The summed E-state index contributed by atoms with van der Waals surface area (Å²) in [6, 6.07) is 37.2. The van der Waals surface area contributed by atoms with Gasteiger partial charge < -0.3 is 9.80 Å². The van der Waals surface area contributed by atoms with Crippen molar-refractivity contribution in [1.82, 2.24) is 0 Å². The molecule has 48 heavy (non-hydrogen) atoms. The molecule has 0 atom stereocenters. The van der Waals surface area contributed by atoms with E-state index in [-0.39, 0.29) is 5.41 Å². The van der Waals surface area contributed by atoms with Crippen LogP contribution in [-0.2, 0) is 5.41 Å². The molecule has 2 nitrogen and oxygen atoms in total. The van der Waals surface area contributed by atoms with Crippen molar-refractivity contribution in [2.75, 3.05) is 9.80 Å². The highest BCUT2D eigenvalue weighted by Crippen LogP contribution is 2.47. The van der Waals surface area contributed by atoms with E-state index < -0.39 is 0 Å². The largest absolute Gasteiger partial charge is 0.314 e. The summed E-state index contributed by atoms with van der Waals surface area (Å²) in [5, 5.41) is 0. The Bertz CT molecular complexity index is 1710. The predicted octanol–water partition coefficient (Wildman–Crippen LogP) is 13.1. The fourth-order valence-electron chi connectivity index (χ4n) is 7.94. The van der Waals surface area contributed by atoms with E-state index in [1.807, 2.05) is 0 Å². The summed E-state index contributed by atoms with van der Waals surface area (Å²) >= 11 is 0. The fourth-order valence-corrected chi connectivity index (χ4v) is 7.94. The average Bonchev–Trinajstić information content (AvgIpc) is 3.13. The van der Waals surface area contributed by atoms with Crippen LogP contribution in [0, 0.1) is 13.8 Å². The molecule has 0 radical (unpaired) electrons. The molecule has 0 aromatic heterocycles. The second-order valence-corrected chi connectivity index (χ2v) is 14.4. The third-order valence-corrected chi connectivity index (χ3v) is 10.9. The normalized spacial score (nSPS) is 17.5. The number of aryl methyl sites for hydroxylation is 2. The fraction of sp³-hybridized carbons (Fsp3) is 0.304. The molecule has 1 fully saturated rings. The summed E-state index contributed by atoms with van der Waals surface area (Å²) in [5.74, 6) is 0. The van der Waals surface area contributed by atoms with Gasteiger partial charge in [-0.2, -0.15) is 0 Å². The number of hydrogen-bond acceptors (Lipinski definition) is 2. The predicted molar refractivity (Wildman–Crippen MR) is 206 cm³/mol. The number of hydrogen-bond donors (Lipinski definition) is 0. The first-order valence-corrected chi connectivity index (χ1v) is 18.1. The lowest BCUT2D eigenvalue weighted by molar-refractivity contribution is 0.346. The second kappa shape index (κ2) is 13.9. The van der Waals surface area contributed by atoms with Crippen LogP contribution in [0.4, 0.5) is 22.7 Å². The van der Waals surface area contributed by atoms with Crippen LogP contribution < -0.4 is 9.80 Å². The Hall–Kier alpha value is -4.56. The summed E-state index contributed by atoms with van der Waals surface area (Å²) < 4.78 is 0. The first-order chi connectivity index (χ1) is 23.4. The van der Waals surface area contributed by atoms with Gasteiger partial charge in [0.1, 0.15) is 0 Å². The third kappa shape index (κ3) is 6.59. The van der Waals surface area contributed by atoms with Gasteiger partial charge in [0, 0.05) is 39.6 Å². The molecule has 0 aliphatic heterocycles. The van der Waals surface area contributed by atoms with E-state index in [4.69, 9.17) is 0 Å². The molecule has 4 aromatic carbocycles. The van der Waals surface area contributed by atoms with Crippen molar-refractivity contribution in [1.29, 1.82) is 0 Å². The van der Waals surface area contributed by atoms with Crippen molar-refractivity contribution in [3.8, 4) is 0 Å². The smallest absolute Gasteiger partial charge is 0.0458 e. The van der Waals surface area contributed by atoms with Crippen LogP contribution in [0.15, 0.2) is 144 Å². The molecule has 2 heteroatoms. The number of rotatable bonds is 8. The first-order valence-electron chi connectivity index (χ1n) is 18.1. The lowest BCUT2D eigenvalue weighted by Crippen LogP contribution is -2.30. The molecule has 3 aliphatic rings. The minimum atomic E-state index is 0.0343. The molecule has 244 valence electrons. The zero-order chi connectivity index (χ0) is 33.1. The van der Waals surface area contributed by atoms with Crippen LogP contribution in [0.2, 0.25) is 0 Å². The highest BCUT2D eigenvalue weighted by atomic mass is 15.2. The standard InChI is InChI=1S/C46H50N2/c1-34-8-20-40(21-9-34)47(41-22-10-35(2)11-23-41)44-28-16-38(17-29-44)46(32-6-5-7-33-46)39-18-30-45(31-19-39)48(42-24-12-36(3)13-25-42)43-26-14-37(4)15-27-43/h8-10,12-14,16-22,24-26,28-31H,5-7,11,15,23,27,32-33H2,1-4H3. The number of nitrogens with zero attached hydrogens (tertiary/aromatic N) is 2. The van der Waals surface area contributed by atoms with Gasteiger partial charge in [-0.1, -0.05) is 102 Å². The summed E-state index contributed by atoms with van der Waals surface area (Å²) in [6.45, 7) is 8.80. The maximum Gasteiger partial charge on any atom is 0.0458 e. The quantitative estimate of drug-likeness (QED) is 0.191. The van der Waals surface area contributed by atoms with Gasteiger partial charge in [-0.25, -0.2) is 0 Å². The van der Waals surface area contributed by atoms with Gasteiger partial charge in [0.2, 0.25) is 0 Å². The van der Waals surface area contributed by atoms with Gasteiger partial charge in [0.25, 0.3) is 0 Å². The second-order valence-electron chi connectivity index (χ2n) is 14.4. The van der Waals surface area contributed by atoms with Gasteiger partial charge in [0.15, 0.2) is 0 Å². The van der Waals surface area contributed by atoms with Gasteiger partial charge in [-0.15, -0.1) is 0 Å². The number of anilines is 4. The minimum absolute atomic E-state index is 0.0343. The maximum absolute atomic E-state index is 2.46. The number of benzene rings is 4. The first kappa shape index (κ1) is 32.0. The van der Waals surface area contributed by atoms with E-state index >= 15 is 0 Å². The van der Waals surface area contributed by atoms with Crippen molar-refractivity contribution in [3.63, 3.8) is 0 Å². The molecule has 0 bridgehead atoms. The van der Waals surface area contributed by atoms with E-state index in [0.29, 0.717) is 0 Å². The molecule has 4 aromatic rings. The van der Waals surface area contributed by atoms with Crippen LogP contribution in [0.25, 0.3) is 0 Å². The maximum atomic E-state index is 2.46. The highest BCUT2D eigenvalue weighted by Gasteiger charge is 2.36. The van der Waals surface area contributed by atoms with Crippen LogP contribution >= 0.6 is 0 Å². The Labute approximate surface area is 288 Å².